The number of nitrogens with one attached hydrogen (secondary N) is 2. The van der Waals surface area contributed by atoms with E-state index in [0.29, 0.717) is 29.2 Å². The van der Waals surface area contributed by atoms with E-state index >= 15 is 0 Å². The Hall–Kier alpha value is -4.34. The van der Waals surface area contributed by atoms with E-state index in [1.54, 1.807) is 31.3 Å². The van der Waals surface area contributed by atoms with Gasteiger partial charge in [-0.05, 0) is 12.1 Å². The highest BCUT2D eigenvalue weighted by atomic mass is 16.5. The number of aryl methyl sites for hydroxylation is 1. The maximum absolute atomic E-state index is 5.49. The Bertz CT molecular complexity index is 1290. The first-order chi connectivity index (χ1) is 16.1. The monoisotopic (exact) mass is 444 g/mol. The zero-order valence-corrected chi connectivity index (χ0v) is 18.6. The lowest BCUT2D eigenvalue weighted by Crippen LogP contribution is -2.41. The van der Waals surface area contributed by atoms with Crippen LogP contribution in [0.3, 0.4) is 0 Å². The number of hydrogen-bond acceptors (Lipinski definition) is 9. The number of anilines is 2. The van der Waals surface area contributed by atoms with Crippen LogP contribution in [0.25, 0.3) is 22.4 Å². The minimum atomic E-state index is 0.00695. The summed E-state index contributed by atoms with van der Waals surface area (Å²) in [5.41, 5.74) is 3.76. The van der Waals surface area contributed by atoms with Crippen LogP contribution < -0.4 is 25.0 Å². The first kappa shape index (κ1) is 20.6. The number of nitrogens with zero attached hydrogens (tertiary/aromatic N) is 6. The lowest BCUT2D eigenvalue weighted by Gasteiger charge is -2.28. The fraction of sp³-hybridized carbons (Fsp3) is 0.217. The van der Waals surface area contributed by atoms with Crippen molar-refractivity contribution in [2.45, 2.75) is 6.17 Å². The van der Waals surface area contributed by atoms with Crippen LogP contribution in [0.2, 0.25) is 0 Å². The summed E-state index contributed by atoms with van der Waals surface area (Å²) in [6.07, 6.45) is 9.18. The molecule has 0 fully saturated rings. The van der Waals surface area contributed by atoms with Gasteiger partial charge in [-0.1, -0.05) is 0 Å². The molecule has 0 bridgehead atoms. The van der Waals surface area contributed by atoms with Crippen molar-refractivity contribution in [1.29, 1.82) is 0 Å². The topological polar surface area (TPSA) is 102 Å². The number of fused-ring (bicyclic) bond motifs is 1. The summed E-state index contributed by atoms with van der Waals surface area (Å²) in [4.78, 5) is 16.2. The number of methoxy groups -OCH3 is 2. The van der Waals surface area contributed by atoms with Gasteiger partial charge in [0.05, 0.1) is 38.9 Å². The second-order valence-electron chi connectivity index (χ2n) is 7.57. The van der Waals surface area contributed by atoms with Crippen LogP contribution in [0.15, 0.2) is 61.3 Å². The molecule has 2 N–H and O–H groups in total. The molecule has 10 heteroatoms. The molecule has 1 aliphatic rings. The molecule has 0 atom stereocenters. The van der Waals surface area contributed by atoms with E-state index < -0.39 is 0 Å². The Labute approximate surface area is 190 Å². The molecule has 4 heterocycles. The quantitative estimate of drug-likeness (QED) is 0.445. The Kier molecular flexibility index (Phi) is 5.39. The Balaban J connectivity index is 1.58. The van der Waals surface area contributed by atoms with Crippen LogP contribution in [0, 0.1) is 0 Å². The fourth-order valence-electron chi connectivity index (χ4n) is 3.67. The molecule has 0 saturated heterocycles. The van der Waals surface area contributed by atoms with Gasteiger partial charge in [0.2, 0.25) is 0 Å². The number of ether oxygens (including phenoxy) is 2. The standard InChI is InChI=1S/C23H24N8O2/c1-30-13-15(11-27-30)20-12-26-19-4-5-22(29-23(19)28-20)31(14-21-24-6-7-25-21)16-8-17(32-2)10-18(9-16)33-3/h4-13,21,24-25H,14H2,1-3H3. The van der Waals surface area contributed by atoms with Gasteiger partial charge >= 0.3 is 0 Å². The van der Waals surface area contributed by atoms with Gasteiger partial charge < -0.3 is 25.0 Å². The SMILES string of the molecule is COc1cc(OC)cc(N(CC2NC=CN2)c2ccc3ncc(-c4cnn(C)c4)nc3n2)c1. The number of hydrogen-bond donors (Lipinski definition) is 2. The van der Waals surface area contributed by atoms with E-state index in [-0.39, 0.29) is 6.17 Å². The molecule has 1 aromatic carbocycles. The van der Waals surface area contributed by atoms with E-state index in [4.69, 9.17) is 19.4 Å². The third-order valence-electron chi connectivity index (χ3n) is 5.36. The molecule has 0 radical (unpaired) electrons. The third-order valence-corrected chi connectivity index (χ3v) is 5.36. The minimum absolute atomic E-state index is 0.00695. The molecule has 168 valence electrons. The summed E-state index contributed by atoms with van der Waals surface area (Å²) in [7, 11) is 5.14. The van der Waals surface area contributed by atoms with E-state index in [1.807, 2.05) is 56.0 Å². The highest BCUT2D eigenvalue weighted by Crippen LogP contribution is 2.33. The summed E-state index contributed by atoms with van der Waals surface area (Å²) < 4.78 is 12.7. The van der Waals surface area contributed by atoms with Crippen molar-refractivity contribution < 1.29 is 9.47 Å². The van der Waals surface area contributed by atoms with Gasteiger partial charge in [-0.25, -0.2) is 9.97 Å². The van der Waals surface area contributed by atoms with Gasteiger partial charge in [-0.15, -0.1) is 0 Å². The van der Waals surface area contributed by atoms with Crippen LogP contribution in [0.1, 0.15) is 0 Å². The smallest absolute Gasteiger partial charge is 0.180 e. The van der Waals surface area contributed by atoms with E-state index in [1.165, 1.54) is 0 Å². The van der Waals surface area contributed by atoms with Crippen LogP contribution in [-0.4, -0.2) is 51.7 Å². The second-order valence-corrected chi connectivity index (χ2v) is 7.57. The molecule has 0 aliphatic carbocycles. The van der Waals surface area contributed by atoms with Crippen LogP contribution >= 0.6 is 0 Å². The predicted octanol–water partition coefficient (Wildman–Crippen LogP) is 2.57. The average Bonchev–Trinajstić information content (AvgIpc) is 3.53. The van der Waals surface area contributed by atoms with Gasteiger partial charge in [0.25, 0.3) is 0 Å². The van der Waals surface area contributed by atoms with Crippen molar-refractivity contribution in [3.63, 3.8) is 0 Å². The van der Waals surface area contributed by atoms with Crippen molar-refractivity contribution in [3.05, 3.63) is 61.3 Å². The summed E-state index contributed by atoms with van der Waals surface area (Å²) in [6.45, 7) is 0.595. The first-order valence-corrected chi connectivity index (χ1v) is 10.4. The van der Waals surface area contributed by atoms with Crippen molar-refractivity contribution in [1.82, 2.24) is 35.4 Å². The largest absolute Gasteiger partial charge is 0.497 e. The van der Waals surface area contributed by atoms with Crippen molar-refractivity contribution in [3.8, 4) is 22.8 Å². The summed E-state index contributed by atoms with van der Waals surface area (Å²) in [5.74, 6) is 2.12. The molecule has 3 aromatic heterocycles. The van der Waals surface area contributed by atoms with Crippen molar-refractivity contribution >= 4 is 22.7 Å². The predicted molar refractivity (Wildman–Crippen MR) is 125 cm³/mol. The van der Waals surface area contributed by atoms with Gasteiger partial charge in [0.15, 0.2) is 5.65 Å². The normalized spacial score (nSPS) is 13.1. The molecular weight excluding hydrogens is 420 g/mol. The van der Waals surface area contributed by atoms with E-state index in [2.05, 4.69) is 25.6 Å². The molecule has 33 heavy (non-hydrogen) atoms. The Morgan fingerprint density at radius 2 is 1.76 bits per heavy atom. The summed E-state index contributed by atoms with van der Waals surface area (Å²) in [6, 6.07) is 9.61. The maximum Gasteiger partial charge on any atom is 0.180 e. The number of pyridine rings is 1. The third kappa shape index (κ3) is 4.22. The summed E-state index contributed by atoms with van der Waals surface area (Å²) in [5, 5.41) is 10.8. The summed E-state index contributed by atoms with van der Waals surface area (Å²) >= 11 is 0. The number of aromatic nitrogens is 5. The zero-order valence-electron chi connectivity index (χ0n) is 18.6. The highest BCUT2D eigenvalue weighted by molar-refractivity contribution is 5.77. The Morgan fingerprint density at radius 3 is 2.42 bits per heavy atom. The Morgan fingerprint density at radius 1 is 1.00 bits per heavy atom. The molecule has 4 aromatic rings. The maximum atomic E-state index is 5.49. The molecule has 1 aliphatic heterocycles. The van der Waals surface area contributed by atoms with E-state index in [0.717, 1.165) is 22.8 Å². The molecule has 5 rings (SSSR count). The van der Waals surface area contributed by atoms with E-state index in [9.17, 15) is 0 Å². The zero-order chi connectivity index (χ0) is 22.8. The second kappa shape index (κ2) is 8.65. The molecule has 10 nitrogen and oxygen atoms in total. The average molecular weight is 444 g/mol. The number of benzene rings is 1. The van der Waals surface area contributed by atoms with Gasteiger partial charge in [0, 0.05) is 55.1 Å². The van der Waals surface area contributed by atoms with Gasteiger partial charge in [-0.3, -0.25) is 9.67 Å². The van der Waals surface area contributed by atoms with Crippen molar-refractivity contribution in [2.24, 2.45) is 7.05 Å². The van der Waals surface area contributed by atoms with Crippen LogP contribution in [-0.2, 0) is 7.05 Å². The van der Waals surface area contributed by atoms with Crippen molar-refractivity contribution in [2.75, 3.05) is 25.7 Å². The van der Waals surface area contributed by atoms with Gasteiger partial charge in [-0.2, -0.15) is 5.10 Å². The molecule has 0 amide bonds. The highest BCUT2D eigenvalue weighted by Gasteiger charge is 2.20. The molecule has 0 saturated carbocycles. The lowest BCUT2D eigenvalue weighted by atomic mass is 10.2. The fourth-order valence-corrected chi connectivity index (χ4v) is 3.67. The van der Waals surface area contributed by atoms with Crippen LogP contribution in [0.4, 0.5) is 11.5 Å². The van der Waals surface area contributed by atoms with Crippen LogP contribution in [0.5, 0.6) is 11.5 Å². The minimum Gasteiger partial charge on any atom is -0.497 e. The molecule has 0 unspecified atom stereocenters. The molecule has 0 spiro atoms. The number of rotatable bonds is 7. The lowest BCUT2D eigenvalue weighted by molar-refractivity contribution is 0.394. The molecular formula is C23H24N8O2. The first-order valence-electron chi connectivity index (χ1n) is 10.4. The van der Waals surface area contributed by atoms with Gasteiger partial charge in [0.1, 0.15) is 29.0 Å².